The van der Waals surface area contributed by atoms with Crippen LogP contribution in [0.2, 0.25) is 0 Å². The lowest BCUT2D eigenvalue weighted by molar-refractivity contribution is -0.858. The number of para-hydroxylation sites is 1. The topological polar surface area (TPSA) is 46.9 Å². The van der Waals surface area contributed by atoms with E-state index in [4.69, 9.17) is 9.72 Å². The normalized spacial score (nSPS) is 11.1. The second-order valence-electron chi connectivity index (χ2n) is 6.85. The maximum Gasteiger partial charge on any atom is 0.233 e. The number of hydrogen-bond donors (Lipinski definition) is 1. The predicted octanol–water partition coefficient (Wildman–Crippen LogP) is 2.42. The number of fused-ring (bicyclic) bond motifs is 1. The fraction of sp³-hybridized carbons (Fsp3) is 0.333. The molecule has 142 valence electrons. The average Bonchev–Trinajstić information content (AvgIpc) is 3.09. The molecule has 2 aromatic carbocycles. The number of hydrogen-bond acceptors (Lipinski definition) is 4. The molecule has 0 radical (unpaired) electrons. The van der Waals surface area contributed by atoms with E-state index in [0.717, 1.165) is 39.6 Å². The number of thiazole rings is 1. The van der Waals surface area contributed by atoms with E-state index in [1.807, 2.05) is 53.4 Å². The van der Waals surface area contributed by atoms with Crippen LogP contribution in [0.5, 0.6) is 5.75 Å². The zero-order valence-corrected chi connectivity index (χ0v) is 16.9. The Morgan fingerprint density at radius 3 is 2.56 bits per heavy atom. The van der Waals surface area contributed by atoms with Gasteiger partial charge < -0.3 is 9.64 Å². The highest BCUT2D eigenvalue weighted by atomic mass is 32.1. The molecule has 27 heavy (non-hydrogen) atoms. The number of nitrogens with one attached hydrogen (secondary N) is 1. The van der Waals surface area contributed by atoms with E-state index >= 15 is 0 Å². The summed E-state index contributed by atoms with van der Waals surface area (Å²) in [6.07, 6.45) is 1.29. The van der Waals surface area contributed by atoms with Crippen LogP contribution in [0.4, 0.5) is 5.13 Å². The minimum Gasteiger partial charge on any atom is -0.497 e. The SMILES string of the molecule is COc1ccc(CC(=O)N(CCC[NH+](C)C)c2nc3ccccc3s2)cc1. The highest BCUT2D eigenvalue weighted by molar-refractivity contribution is 7.22. The lowest BCUT2D eigenvalue weighted by Gasteiger charge is -2.20. The molecule has 0 aliphatic rings. The summed E-state index contributed by atoms with van der Waals surface area (Å²) in [7, 11) is 5.89. The van der Waals surface area contributed by atoms with Gasteiger partial charge in [-0.05, 0) is 29.8 Å². The molecule has 5 nitrogen and oxygen atoms in total. The summed E-state index contributed by atoms with van der Waals surface area (Å²) in [4.78, 5) is 21.0. The summed E-state index contributed by atoms with van der Waals surface area (Å²) < 4.78 is 6.30. The summed E-state index contributed by atoms with van der Waals surface area (Å²) >= 11 is 1.58. The van der Waals surface area contributed by atoms with E-state index in [1.165, 1.54) is 4.90 Å². The van der Waals surface area contributed by atoms with Crippen molar-refractivity contribution in [1.82, 2.24) is 4.98 Å². The van der Waals surface area contributed by atoms with Crippen molar-refractivity contribution >= 4 is 32.6 Å². The van der Waals surface area contributed by atoms with Crippen molar-refractivity contribution in [3.63, 3.8) is 0 Å². The summed E-state index contributed by atoms with van der Waals surface area (Å²) in [5.74, 6) is 0.871. The maximum atomic E-state index is 13.1. The second-order valence-corrected chi connectivity index (χ2v) is 7.85. The van der Waals surface area contributed by atoms with Gasteiger partial charge in [0.15, 0.2) is 5.13 Å². The van der Waals surface area contributed by atoms with Crippen LogP contribution in [0, 0.1) is 0 Å². The zero-order chi connectivity index (χ0) is 19.2. The molecule has 1 heterocycles. The van der Waals surface area contributed by atoms with Gasteiger partial charge in [-0.3, -0.25) is 9.69 Å². The van der Waals surface area contributed by atoms with Crippen molar-refractivity contribution in [3.8, 4) is 5.75 Å². The monoisotopic (exact) mass is 384 g/mol. The number of carbonyl (C=O) groups excluding carboxylic acids is 1. The minimum atomic E-state index is 0.0768. The molecule has 0 unspecified atom stereocenters. The van der Waals surface area contributed by atoms with E-state index in [-0.39, 0.29) is 5.91 Å². The number of nitrogens with zero attached hydrogens (tertiary/aromatic N) is 2. The van der Waals surface area contributed by atoms with Gasteiger partial charge in [0.05, 0.1) is 44.4 Å². The molecule has 1 aromatic heterocycles. The van der Waals surface area contributed by atoms with Crippen LogP contribution in [0.3, 0.4) is 0 Å². The first-order valence-electron chi connectivity index (χ1n) is 9.14. The number of amides is 1. The third-order valence-corrected chi connectivity index (χ3v) is 5.45. The van der Waals surface area contributed by atoms with Gasteiger partial charge >= 0.3 is 0 Å². The number of aromatic nitrogens is 1. The Hall–Kier alpha value is -2.44. The Balaban J connectivity index is 1.80. The summed E-state index contributed by atoms with van der Waals surface area (Å²) in [5.41, 5.74) is 1.92. The van der Waals surface area contributed by atoms with Crippen molar-refractivity contribution in [2.24, 2.45) is 0 Å². The standard InChI is InChI=1S/C21H25N3O2S/c1-23(2)13-6-14-24(21-22-18-7-4-5-8-19(18)27-21)20(25)15-16-9-11-17(26-3)12-10-16/h4-5,7-12H,6,13-15H2,1-3H3/p+1. The smallest absolute Gasteiger partial charge is 0.233 e. The minimum absolute atomic E-state index is 0.0768. The van der Waals surface area contributed by atoms with E-state index in [0.29, 0.717) is 13.0 Å². The Labute approximate surface area is 164 Å². The molecule has 0 atom stereocenters. The fourth-order valence-electron chi connectivity index (χ4n) is 2.91. The van der Waals surface area contributed by atoms with Gasteiger partial charge in [0.25, 0.3) is 0 Å². The van der Waals surface area contributed by atoms with Gasteiger partial charge in [-0.2, -0.15) is 0 Å². The molecule has 0 aliphatic heterocycles. The first kappa shape index (κ1) is 19.3. The molecule has 3 rings (SSSR count). The molecule has 0 spiro atoms. The number of benzene rings is 2. The number of rotatable bonds is 8. The van der Waals surface area contributed by atoms with Crippen molar-refractivity contribution in [2.45, 2.75) is 12.8 Å². The average molecular weight is 385 g/mol. The molecule has 0 saturated carbocycles. The summed E-state index contributed by atoms with van der Waals surface area (Å²) in [5, 5.41) is 0.781. The third-order valence-electron chi connectivity index (χ3n) is 4.39. The van der Waals surface area contributed by atoms with Gasteiger partial charge in [-0.1, -0.05) is 35.6 Å². The lowest BCUT2D eigenvalue weighted by atomic mass is 10.1. The van der Waals surface area contributed by atoms with Gasteiger partial charge in [-0.15, -0.1) is 0 Å². The fourth-order valence-corrected chi connectivity index (χ4v) is 3.92. The first-order valence-corrected chi connectivity index (χ1v) is 9.96. The van der Waals surface area contributed by atoms with Crippen LogP contribution < -0.4 is 14.5 Å². The van der Waals surface area contributed by atoms with Crippen LogP contribution in [-0.2, 0) is 11.2 Å². The molecule has 1 amide bonds. The number of carbonyl (C=O) groups is 1. The largest absolute Gasteiger partial charge is 0.497 e. The van der Waals surface area contributed by atoms with Crippen molar-refractivity contribution in [1.29, 1.82) is 0 Å². The molecular weight excluding hydrogens is 358 g/mol. The van der Waals surface area contributed by atoms with Crippen LogP contribution in [0.1, 0.15) is 12.0 Å². The Bertz CT molecular complexity index is 857. The number of quaternary nitrogens is 1. The highest BCUT2D eigenvalue weighted by Gasteiger charge is 2.20. The Morgan fingerprint density at radius 2 is 1.89 bits per heavy atom. The van der Waals surface area contributed by atoms with Crippen LogP contribution in [0.25, 0.3) is 10.2 Å². The maximum absolute atomic E-state index is 13.1. The van der Waals surface area contributed by atoms with Crippen LogP contribution in [0.15, 0.2) is 48.5 Å². The zero-order valence-electron chi connectivity index (χ0n) is 16.1. The van der Waals surface area contributed by atoms with E-state index in [2.05, 4.69) is 14.1 Å². The molecular formula is C21H26N3O2S+. The van der Waals surface area contributed by atoms with Gasteiger partial charge in [0, 0.05) is 13.0 Å². The molecule has 3 aromatic rings. The molecule has 0 saturated heterocycles. The van der Waals surface area contributed by atoms with Crippen molar-refractivity contribution in [2.75, 3.05) is 39.2 Å². The van der Waals surface area contributed by atoms with Crippen LogP contribution in [-0.4, -0.2) is 45.2 Å². The Kier molecular flexibility index (Phi) is 6.42. The quantitative estimate of drug-likeness (QED) is 0.649. The van der Waals surface area contributed by atoms with Gasteiger partial charge in [0.2, 0.25) is 5.91 Å². The molecule has 0 aliphatic carbocycles. The van der Waals surface area contributed by atoms with E-state index in [9.17, 15) is 4.79 Å². The number of ether oxygens (including phenoxy) is 1. The predicted molar refractivity (Wildman–Crippen MR) is 111 cm³/mol. The van der Waals surface area contributed by atoms with Gasteiger partial charge in [0.1, 0.15) is 5.75 Å². The van der Waals surface area contributed by atoms with E-state index in [1.54, 1.807) is 18.4 Å². The summed E-state index contributed by atoms with van der Waals surface area (Å²) in [6.45, 7) is 1.69. The van der Waals surface area contributed by atoms with Crippen LogP contribution >= 0.6 is 11.3 Å². The molecule has 6 heteroatoms. The van der Waals surface area contributed by atoms with Crippen molar-refractivity contribution < 1.29 is 14.4 Å². The molecule has 1 N–H and O–H groups in total. The van der Waals surface area contributed by atoms with Gasteiger partial charge in [-0.25, -0.2) is 4.98 Å². The Morgan fingerprint density at radius 1 is 1.15 bits per heavy atom. The highest BCUT2D eigenvalue weighted by Crippen LogP contribution is 2.29. The third kappa shape index (κ3) is 5.05. The van der Waals surface area contributed by atoms with E-state index < -0.39 is 0 Å². The molecule has 0 fully saturated rings. The second kappa shape index (κ2) is 8.97. The summed E-state index contributed by atoms with van der Waals surface area (Å²) in [6, 6.07) is 15.7. The lowest BCUT2D eigenvalue weighted by Crippen LogP contribution is -3.05. The first-order chi connectivity index (χ1) is 13.1. The number of methoxy groups -OCH3 is 1. The molecule has 0 bridgehead atoms. The number of anilines is 1. The van der Waals surface area contributed by atoms with Crippen molar-refractivity contribution in [3.05, 3.63) is 54.1 Å².